The highest BCUT2D eigenvalue weighted by Gasteiger charge is 2.34. The number of alkyl halides is 3. The van der Waals surface area contributed by atoms with Gasteiger partial charge in [-0.1, -0.05) is 36.4 Å². The average molecular weight is 369 g/mol. The Labute approximate surface area is 148 Å². The Bertz CT molecular complexity index is 762. The van der Waals surface area contributed by atoms with E-state index in [1.165, 1.54) is 11.9 Å². The van der Waals surface area contributed by atoms with Crippen LogP contribution in [0.3, 0.4) is 0 Å². The standard InChI is InChI=1S/C19H19F4NO2/c1-12(18(26)14-6-4-3-5-7-14)24(2)17(25)11-13-8-9-16(20)15(10-13)19(21,22)23/h3-10,12,18,26H,11H2,1-2H3/t12-,18+/m1/s1. The molecule has 140 valence electrons. The number of halogens is 4. The summed E-state index contributed by atoms with van der Waals surface area (Å²) >= 11 is 0. The van der Waals surface area contributed by atoms with Crippen LogP contribution in [0.1, 0.15) is 29.7 Å². The van der Waals surface area contributed by atoms with E-state index in [1.54, 1.807) is 37.3 Å². The van der Waals surface area contributed by atoms with Crippen molar-refractivity contribution in [2.24, 2.45) is 0 Å². The minimum Gasteiger partial charge on any atom is -0.386 e. The number of amides is 1. The Morgan fingerprint density at radius 1 is 1.15 bits per heavy atom. The summed E-state index contributed by atoms with van der Waals surface area (Å²) in [5.74, 6) is -1.86. The van der Waals surface area contributed by atoms with Gasteiger partial charge in [0.05, 0.1) is 24.1 Å². The van der Waals surface area contributed by atoms with Crippen LogP contribution in [0.25, 0.3) is 0 Å². The van der Waals surface area contributed by atoms with Gasteiger partial charge in [0, 0.05) is 7.05 Å². The fourth-order valence-corrected chi connectivity index (χ4v) is 2.57. The van der Waals surface area contributed by atoms with Crippen molar-refractivity contribution in [3.05, 3.63) is 71.0 Å². The second-order valence-electron chi connectivity index (χ2n) is 6.09. The van der Waals surface area contributed by atoms with Crippen LogP contribution in [0, 0.1) is 5.82 Å². The highest BCUT2D eigenvalue weighted by atomic mass is 19.4. The van der Waals surface area contributed by atoms with Crippen molar-refractivity contribution in [3.8, 4) is 0 Å². The van der Waals surface area contributed by atoms with Gasteiger partial charge in [0.15, 0.2) is 0 Å². The molecule has 0 heterocycles. The second kappa shape index (κ2) is 7.86. The molecule has 0 saturated carbocycles. The summed E-state index contributed by atoms with van der Waals surface area (Å²) in [6, 6.07) is 10.6. The number of carbonyl (C=O) groups is 1. The lowest BCUT2D eigenvalue weighted by Gasteiger charge is -2.29. The molecule has 0 fully saturated rings. The smallest absolute Gasteiger partial charge is 0.386 e. The quantitative estimate of drug-likeness (QED) is 0.811. The number of rotatable bonds is 5. The van der Waals surface area contributed by atoms with E-state index in [-0.39, 0.29) is 12.0 Å². The van der Waals surface area contributed by atoms with E-state index in [4.69, 9.17) is 0 Å². The third-order valence-corrected chi connectivity index (χ3v) is 4.29. The number of benzene rings is 2. The molecule has 26 heavy (non-hydrogen) atoms. The molecule has 2 rings (SSSR count). The number of hydrogen-bond acceptors (Lipinski definition) is 2. The van der Waals surface area contributed by atoms with Crippen molar-refractivity contribution in [1.29, 1.82) is 0 Å². The molecule has 0 bridgehead atoms. The first-order valence-electron chi connectivity index (χ1n) is 7.95. The van der Waals surface area contributed by atoms with Crippen LogP contribution < -0.4 is 0 Å². The van der Waals surface area contributed by atoms with E-state index in [0.29, 0.717) is 17.7 Å². The second-order valence-corrected chi connectivity index (χ2v) is 6.09. The molecule has 2 atom stereocenters. The Hall–Kier alpha value is -2.41. The lowest BCUT2D eigenvalue weighted by atomic mass is 10.0. The predicted molar refractivity (Wildman–Crippen MR) is 88.7 cm³/mol. The van der Waals surface area contributed by atoms with Crippen molar-refractivity contribution in [2.45, 2.75) is 31.7 Å². The summed E-state index contributed by atoms with van der Waals surface area (Å²) < 4.78 is 51.7. The zero-order valence-corrected chi connectivity index (χ0v) is 14.3. The van der Waals surface area contributed by atoms with Gasteiger partial charge in [0.25, 0.3) is 0 Å². The van der Waals surface area contributed by atoms with E-state index in [1.807, 2.05) is 0 Å². The van der Waals surface area contributed by atoms with Crippen molar-refractivity contribution < 1.29 is 27.5 Å². The molecule has 0 aliphatic carbocycles. The number of aliphatic hydroxyl groups excluding tert-OH is 1. The number of likely N-dealkylation sites (N-methyl/N-ethyl adjacent to an activating group) is 1. The van der Waals surface area contributed by atoms with Gasteiger partial charge in [-0.15, -0.1) is 0 Å². The molecule has 3 nitrogen and oxygen atoms in total. The Kier molecular flexibility index (Phi) is 6.02. The van der Waals surface area contributed by atoms with Crippen molar-refractivity contribution in [3.63, 3.8) is 0 Å². The number of carbonyl (C=O) groups excluding carboxylic acids is 1. The lowest BCUT2D eigenvalue weighted by Crippen LogP contribution is -2.39. The average Bonchev–Trinajstić information content (AvgIpc) is 2.61. The maximum Gasteiger partial charge on any atom is 0.419 e. The summed E-state index contributed by atoms with van der Waals surface area (Å²) in [7, 11) is 1.47. The lowest BCUT2D eigenvalue weighted by molar-refractivity contribution is -0.140. The predicted octanol–water partition coefficient (Wildman–Crippen LogP) is 3.97. The molecule has 2 aromatic carbocycles. The van der Waals surface area contributed by atoms with Gasteiger partial charge < -0.3 is 10.0 Å². The van der Waals surface area contributed by atoms with E-state index in [9.17, 15) is 27.5 Å². The first kappa shape index (κ1) is 19.9. The van der Waals surface area contributed by atoms with Crippen LogP contribution in [0.2, 0.25) is 0 Å². The van der Waals surface area contributed by atoms with E-state index < -0.39 is 35.6 Å². The van der Waals surface area contributed by atoms with Gasteiger partial charge in [-0.25, -0.2) is 4.39 Å². The van der Waals surface area contributed by atoms with Gasteiger partial charge >= 0.3 is 6.18 Å². The van der Waals surface area contributed by atoms with E-state index in [0.717, 1.165) is 6.07 Å². The zero-order chi connectivity index (χ0) is 19.5. The maximum atomic E-state index is 13.3. The van der Waals surface area contributed by atoms with Crippen molar-refractivity contribution in [1.82, 2.24) is 4.90 Å². The fourth-order valence-electron chi connectivity index (χ4n) is 2.57. The van der Waals surface area contributed by atoms with Crippen LogP contribution in [0.5, 0.6) is 0 Å². The Balaban J connectivity index is 2.12. The SMILES string of the molecule is C[C@H]([C@H](O)c1ccccc1)N(C)C(=O)Cc1ccc(F)c(C(F)(F)F)c1. The summed E-state index contributed by atoms with van der Waals surface area (Å²) in [5.41, 5.74) is -0.722. The molecule has 0 saturated heterocycles. The molecule has 0 unspecified atom stereocenters. The topological polar surface area (TPSA) is 40.5 Å². The monoisotopic (exact) mass is 369 g/mol. The largest absolute Gasteiger partial charge is 0.419 e. The van der Waals surface area contributed by atoms with Gasteiger partial charge in [-0.2, -0.15) is 13.2 Å². The van der Waals surface area contributed by atoms with Gasteiger partial charge in [-0.3, -0.25) is 4.79 Å². The molecule has 0 radical (unpaired) electrons. The molecule has 1 amide bonds. The van der Waals surface area contributed by atoms with Gasteiger partial charge in [0.2, 0.25) is 5.91 Å². The fraction of sp³-hybridized carbons (Fsp3) is 0.316. The van der Waals surface area contributed by atoms with Gasteiger partial charge in [-0.05, 0) is 30.2 Å². The van der Waals surface area contributed by atoms with Crippen molar-refractivity contribution >= 4 is 5.91 Å². The molecule has 0 aromatic heterocycles. The first-order valence-corrected chi connectivity index (χ1v) is 7.95. The van der Waals surface area contributed by atoms with E-state index in [2.05, 4.69) is 0 Å². The van der Waals surface area contributed by atoms with Crippen molar-refractivity contribution in [2.75, 3.05) is 7.05 Å². The molecule has 0 aliphatic heterocycles. The highest BCUT2D eigenvalue weighted by Crippen LogP contribution is 2.32. The van der Waals surface area contributed by atoms with Crippen LogP contribution >= 0.6 is 0 Å². The molecular weight excluding hydrogens is 350 g/mol. The molecular formula is C19H19F4NO2. The molecule has 2 aromatic rings. The minimum absolute atomic E-state index is 0.0528. The first-order chi connectivity index (χ1) is 12.1. The number of aliphatic hydroxyl groups is 1. The Morgan fingerprint density at radius 3 is 2.35 bits per heavy atom. The molecule has 0 aliphatic rings. The van der Waals surface area contributed by atoms with Crippen LogP contribution in [-0.2, 0) is 17.4 Å². The molecule has 0 spiro atoms. The van der Waals surface area contributed by atoms with Crippen LogP contribution in [0.4, 0.5) is 17.6 Å². The third-order valence-electron chi connectivity index (χ3n) is 4.29. The summed E-state index contributed by atoms with van der Waals surface area (Å²) in [5, 5.41) is 10.4. The Morgan fingerprint density at radius 2 is 1.77 bits per heavy atom. The number of nitrogens with zero attached hydrogens (tertiary/aromatic N) is 1. The highest BCUT2D eigenvalue weighted by molar-refractivity contribution is 5.79. The van der Waals surface area contributed by atoms with Crippen LogP contribution in [0.15, 0.2) is 48.5 Å². The molecule has 7 heteroatoms. The maximum absolute atomic E-state index is 13.3. The molecule has 1 N–H and O–H groups in total. The van der Waals surface area contributed by atoms with Crippen LogP contribution in [-0.4, -0.2) is 29.0 Å². The third kappa shape index (κ3) is 4.60. The van der Waals surface area contributed by atoms with Gasteiger partial charge in [0.1, 0.15) is 5.82 Å². The van der Waals surface area contributed by atoms with E-state index >= 15 is 0 Å². The summed E-state index contributed by atoms with van der Waals surface area (Å²) in [6.07, 6.45) is -6.10. The number of hydrogen-bond donors (Lipinski definition) is 1. The minimum atomic E-state index is -4.83. The normalized spacial score (nSPS) is 14.0. The summed E-state index contributed by atoms with van der Waals surface area (Å²) in [6.45, 7) is 1.64. The zero-order valence-electron chi connectivity index (χ0n) is 14.3. The summed E-state index contributed by atoms with van der Waals surface area (Å²) in [4.78, 5) is 13.6.